The third-order valence-electron chi connectivity index (χ3n) is 1.91. The maximum absolute atomic E-state index is 12.9. The predicted molar refractivity (Wildman–Crippen MR) is 58.3 cm³/mol. The topological polar surface area (TPSA) is 12.0 Å². The molecule has 1 N–H and O–H groups in total. The third kappa shape index (κ3) is 3.59. The Bertz CT molecular complexity index is 351. The van der Waals surface area contributed by atoms with Gasteiger partial charge in [-0.25, -0.2) is 4.39 Å². The van der Waals surface area contributed by atoms with Crippen LogP contribution in [0.3, 0.4) is 0 Å². The molecule has 6 heteroatoms. The zero-order valence-electron chi connectivity index (χ0n) is 8.57. The van der Waals surface area contributed by atoms with Crippen LogP contribution in [0.15, 0.2) is 18.2 Å². The molecule has 0 spiro atoms. The van der Waals surface area contributed by atoms with E-state index in [1.54, 1.807) is 11.8 Å². The number of alkyl halides is 3. The van der Waals surface area contributed by atoms with E-state index in [0.29, 0.717) is 6.54 Å². The fraction of sp³-hybridized carbons (Fsp3) is 0.400. The highest BCUT2D eigenvalue weighted by atomic mass is 32.2. The van der Waals surface area contributed by atoms with E-state index in [2.05, 4.69) is 5.32 Å². The lowest BCUT2D eigenvalue weighted by Crippen LogP contribution is -2.10. The number of nitrogens with one attached hydrogen (secondary N) is 1. The van der Waals surface area contributed by atoms with Gasteiger partial charge >= 0.3 is 6.18 Å². The van der Waals surface area contributed by atoms with E-state index >= 15 is 0 Å². The standard InChI is InChI=1S/C10H11F4NS/c1-16-5-4-15-7-2-3-9(11)8(6-7)10(12,13)14/h2-3,6,15H,4-5H2,1H3. The number of rotatable bonds is 4. The molecule has 0 atom stereocenters. The summed E-state index contributed by atoms with van der Waals surface area (Å²) in [7, 11) is 0. The Morgan fingerprint density at radius 1 is 1.31 bits per heavy atom. The van der Waals surface area contributed by atoms with Gasteiger partial charge in [-0.2, -0.15) is 24.9 Å². The molecule has 0 bridgehead atoms. The Kier molecular flexibility index (Phi) is 4.46. The van der Waals surface area contributed by atoms with Gasteiger partial charge in [0.15, 0.2) is 0 Å². The summed E-state index contributed by atoms with van der Waals surface area (Å²) in [5.41, 5.74) is -0.954. The lowest BCUT2D eigenvalue weighted by atomic mass is 10.2. The van der Waals surface area contributed by atoms with Crippen LogP contribution in [0.2, 0.25) is 0 Å². The molecule has 0 radical (unpaired) electrons. The van der Waals surface area contributed by atoms with Crippen LogP contribution in [-0.2, 0) is 6.18 Å². The summed E-state index contributed by atoms with van der Waals surface area (Å²) >= 11 is 1.57. The average Bonchev–Trinajstić information content (AvgIpc) is 2.19. The molecule has 0 heterocycles. The zero-order chi connectivity index (χ0) is 12.2. The molecule has 0 unspecified atom stereocenters. The van der Waals surface area contributed by atoms with E-state index in [1.165, 1.54) is 6.07 Å². The van der Waals surface area contributed by atoms with Crippen molar-refractivity contribution in [2.45, 2.75) is 6.18 Å². The minimum Gasteiger partial charge on any atom is -0.384 e. The van der Waals surface area contributed by atoms with Crippen molar-refractivity contribution in [1.29, 1.82) is 0 Å². The van der Waals surface area contributed by atoms with Crippen molar-refractivity contribution >= 4 is 17.4 Å². The van der Waals surface area contributed by atoms with Gasteiger partial charge in [0.25, 0.3) is 0 Å². The normalized spacial score (nSPS) is 11.6. The van der Waals surface area contributed by atoms with Crippen LogP contribution in [-0.4, -0.2) is 18.6 Å². The Morgan fingerprint density at radius 2 is 2.00 bits per heavy atom. The Morgan fingerprint density at radius 3 is 2.56 bits per heavy atom. The first-order valence-electron chi connectivity index (χ1n) is 4.54. The number of halogens is 4. The second kappa shape index (κ2) is 5.43. The predicted octanol–water partition coefficient (Wildman–Crippen LogP) is 3.62. The summed E-state index contributed by atoms with van der Waals surface area (Å²) in [6, 6.07) is 2.91. The molecule has 1 rings (SSSR count). The second-order valence-corrected chi connectivity index (χ2v) is 4.10. The van der Waals surface area contributed by atoms with Gasteiger partial charge in [-0.3, -0.25) is 0 Å². The number of benzene rings is 1. The molecule has 1 aromatic carbocycles. The molecule has 1 aromatic rings. The van der Waals surface area contributed by atoms with Crippen molar-refractivity contribution in [2.24, 2.45) is 0 Å². The Labute approximate surface area is 95.2 Å². The number of hydrogen-bond donors (Lipinski definition) is 1. The van der Waals surface area contributed by atoms with Crippen LogP contribution in [0.1, 0.15) is 5.56 Å². The van der Waals surface area contributed by atoms with Crippen LogP contribution in [0.25, 0.3) is 0 Å². The van der Waals surface area contributed by atoms with E-state index in [4.69, 9.17) is 0 Å². The van der Waals surface area contributed by atoms with Crippen molar-refractivity contribution in [3.8, 4) is 0 Å². The largest absolute Gasteiger partial charge is 0.419 e. The number of thioether (sulfide) groups is 1. The van der Waals surface area contributed by atoms with Crippen LogP contribution in [0.4, 0.5) is 23.2 Å². The van der Waals surface area contributed by atoms with Crippen LogP contribution in [0.5, 0.6) is 0 Å². The summed E-state index contributed by atoms with van der Waals surface area (Å²) < 4.78 is 49.9. The van der Waals surface area contributed by atoms with Crippen LogP contribution in [0, 0.1) is 5.82 Å². The third-order valence-corrected chi connectivity index (χ3v) is 2.52. The smallest absolute Gasteiger partial charge is 0.384 e. The molecule has 0 aliphatic carbocycles. The van der Waals surface area contributed by atoms with E-state index in [0.717, 1.165) is 17.9 Å². The van der Waals surface area contributed by atoms with Gasteiger partial charge in [0.2, 0.25) is 0 Å². The molecule has 0 saturated carbocycles. The van der Waals surface area contributed by atoms with Gasteiger partial charge in [0.1, 0.15) is 5.82 Å². The fourth-order valence-corrected chi connectivity index (χ4v) is 1.46. The minimum atomic E-state index is -4.65. The first-order valence-corrected chi connectivity index (χ1v) is 5.94. The van der Waals surface area contributed by atoms with E-state index < -0.39 is 17.6 Å². The summed E-state index contributed by atoms with van der Waals surface area (Å²) in [6.45, 7) is 0.546. The molecular formula is C10H11F4NS. The highest BCUT2D eigenvalue weighted by Gasteiger charge is 2.34. The van der Waals surface area contributed by atoms with Gasteiger partial charge in [-0.05, 0) is 24.5 Å². The molecular weight excluding hydrogens is 242 g/mol. The van der Waals surface area contributed by atoms with Crippen molar-refractivity contribution < 1.29 is 17.6 Å². The quantitative estimate of drug-likeness (QED) is 0.649. The maximum Gasteiger partial charge on any atom is 0.419 e. The van der Waals surface area contributed by atoms with Crippen LogP contribution < -0.4 is 5.32 Å². The molecule has 16 heavy (non-hydrogen) atoms. The first kappa shape index (κ1) is 13.2. The van der Waals surface area contributed by atoms with E-state index in [1.807, 2.05) is 6.26 Å². The molecule has 0 aliphatic rings. The minimum absolute atomic E-state index is 0.280. The van der Waals surface area contributed by atoms with Crippen molar-refractivity contribution in [3.05, 3.63) is 29.6 Å². The van der Waals surface area contributed by atoms with Gasteiger partial charge in [-0.15, -0.1) is 0 Å². The lowest BCUT2D eigenvalue weighted by molar-refractivity contribution is -0.139. The highest BCUT2D eigenvalue weighted by molar-refractivity contribution is 7.98. The van der Waals surface area contributed by atoms with Gasteiger partial charge < -0.3 is 5.32 Å². The van der Waals surface area contributed by atoms with Crippen molar-refractivity contribution in [1.82, 2.24) is 0 Å². The maximum atomic E-state index is 12.9. The fourth-order valence-electron chi connectivity index (χ4n) is 1.15. The first-order chi connectivity index (χ1) is 7.45. The van der Waals surface area contributed by atoms with Gasteiger partial charge in [0, 0.05) is 18.0 Å². The number of anilines is 1. The van der Waals surface area contributed by atoms with E-state index in [-0.39, 0.29) is 5.69 Å². The molecule has 90 valence electrons. The summed E-state index contributed by atoms with van der Waals surface area (Å²) in [6.07, 6.45) is -2.76. The molecule has 0 aliphatic heterocycles. The van der Waals surface area contributed by atoms with Gasteiger partial charge in [-0.1, -0.05) is 0 Å². The summed E-state index contributed by atoms with van der Waals surface area (Å²) in [5.74, 6) is -0.471. The monoisotopic (exact) mass is 253 g/mol. The molecule has 0 fully saturated rings. The van der Waals surface area contributed by atoms with Gasteiger partial charge in [0.05, 0.1) is 5.56 Å². The average molecular weight is 253 g/mol. The van der Waals surface area contributed by atoms with E-state index in [9.17, 15) is 17.6 Å². The number of hydrogen-bond acceptors (Lipinski definition) is 2. The summed E-state index contributed by atoms with van der Waals surface area (Å²) in [4.78, 5) is 0. The highest BCUT2D eigenvalue weighted by Crippen LogP contribution is 2.32. The van der Waals surface area contributed by atoms with Crippen molar-refractivity contribution in [3.63, 3.8) is 0 Å². The zero-order valence-corrected chi connectivity index (χ0v) is 9.38. The molecule has 1 nitrogen and oxygen atoms in total. The Balaban J connectivity index is 2.82. The van der Waals surface area contributed by atoms with Crippen molar-refractivity contribution in [2.75, 3.05) is 23.9 Å². The SMILES string of the molecule is CSCCNc1ccc(F)c(C(F)(F)F)c1. The summed E-state index contributed by atoms with van der Waals surface area (Å²) in [5, 5.41) is 2.80. The van der Waals surface area contributed by atoms with Crippen LogP contribution >= 0.6 is 11.8 Å². The Hall–Kier alpha value is -0.910. The molecule has 0 amide bonds. The molecule has 0 saturated heterocycles. The molecule has 0 aromatic heterocycles. The second-order valence-electron chi connectivity index (χ2n) is 3.11. The lowest BCUT2D eigenvalue weighted by Gasteiger charge is -2.11.